The molecule has 0 aliphatic carbocycles. The predicted octanol–water partition coefficient (Wildman–Crippen LogP) is 2.96. The molecular weight excluding hydrogens is 286 g/mol. The second-order valence-corrected chi connectivity index (χ2v) is 4.48. The van der Waals surface area contributed by atoms with Crippen molar-refractivity contribution in [3.63, 3.8) is 0 Å². The highest BCUT2D eigenvalue weighted by molar-refractivity contribution is 5.87. The van der Waals surface area contributed by atoms with Gasteiger partial charge in [0.05, 0.1) is 16.8 Å². The highest BCUT2D eigenvalue weighted by Gasteiger charge is 2.06. The first-order valence-electron chi connectivity index (χ1n) is 6.63. The minimum absolute atomic E-state index is 0.0673. The number of hydrogen-bond donors (Lipinski definition) is 1. The Bertz CT molecular complexity index is 938. The predicted molar refractivity (Wildman–Crippen MR) is 86.9 cm³/mol. The highest BCUT2D eigenvalue weighted by atomic mass is 14.6. The number of aromatic nitrogens is 1. The molecular formula is C18H11N5. The largest absolute Gasteiger partial charge is 0.396 e. The van der Waals surface area contributed by atoms with Crippen LogP contribution in [0.2, 0.25) is 0 Å². The van der Waals surface area contributed by atoms with Gasteiger partial charge < -0.3 is 5.73 Å². The number of para-hydroxylation sites is 1. The van der Waals surface area contributed by atoms with E-state index in [4.69, 9.17) is 21.5 Å². The zero-order valence-electron chi connectivity index (χ0n) is 12.1. The summed E-state index contributed by atoms with van der Waals surface area (Å²) in [6.07, 6.45) is 6.64. The average Bonchev–Trinajstić information content (AvgIpc) is 2.59. The van der Waals surface area contributed by atoms with Crippen LogP contribution in [0, 0.1) is 34.0 Å². The smallest absolute Gasteiger partial charge is 0.153 e. The van der Waals surface area contributed by atoms with Crippen molar-refractivity contribution in [3.05, 3.63) is 71.1 Å². The van der Waals surface area contributed by atoms with E-state index in [1.54, 1.807) is 24.4 Å². The summed E-state index contributed by atoms with van der Waals surface area (Å²) in [5.41, 5.74) is 7.14. The summed E-state index contributed by atoms with van der Waals surface area (Å²) in [7, 11) is 0. The van der Waals surface area contributed by atoms with E-state index in [0.29, 0.717) is 0 Å². The lowest BCUT2D eigenvalue weighted by Gasteiger charge is -2.00. The van der Waals surface area contributed by atoms with Crippen molar-refractivity contribution in [3.8, 4) is 18.2 Å². The Balaban J connectivity index is 2.40. The molecule has 2 rings (SSSR count). The highest BCUT2D eigenvalue weighted by Crippen LogP contribution is 2.17. The van der Waals surface area contributed by atoms with Crippen LogP contribution in [-0.2, 0) is 0 Å². The summed E-state index contributed by atoms with van der Waals surface area (Å²) in [6, 6.07) is 14.8. The molecule has 0 aliphatic rings. The van der Waals surface area contributed by atoms with Crippen LogP contribution in [0.5, 0.6) is 0 Å². The summed E-state index contributed by atoms with van der Waals surface area (Å²) in [5.74, 6) is 0. The quantitative estimate of drug-likeness (QED) is 0.691. The topological polar surface area (TPSA) is 110 Å². The Morgan fingerprint density at radius 1 is 1.04 bits per heavy atom. The lowest BCUT2D eigenvalue weighted by Crippen LogP contribution is -2.03. The maximum atomic E-state index is 9.11. The molecule has 1 aromatic carbocycles. The molecule has 0 radical (unpaired) electrons. The number of fused-ring (bicyclic) bond motifs is 1. The van der Waals surface area contributed by atoms with Gasteiger partial charge in [-0.15, -0.1) is 0 Å². The SMILES string of the molecule is N#CC(C#N)=C(N)/C(C#N)=C/C=C/c1ccnc2ccccc12. The Kier molecular flexibility index (Phi) is 4.87. The molecule has 0 atom stereocenters. The lowest BCUT2D eigenvalue weighted by molar-refractivity contribution is 1.30. The molecule has 1 heterocycles. The molecule has 5 heteroatoms. The standard InChI is InChI=1S/C18H11N5/c19-10-14(18(22)15(11-20)12-21)5-3-4-13-8-9-23-17-7-2-1-6-16(13)17/h1-9H,22H2/b4-3+,14-5+. The van der Waals surface area contributed by atoms with E-state index in [1.807, 2.05) is 42.5 Å². The number of pyridine rings is 1. The number of rotatable bonds is 3. The molecule has 0 saturated carbocycles. The molecule has 2 N–H and O–H groups in total. The first-order chi connectivity index (χ1) is 11.2. The van der Waals surface area contributed by atoms with Crippen LogP contribution in [0.4, 0.5) is 0 Å². The van der Waals surface area contributed by atoms with Gasteiger partial charge >= 0.3 is 0 Å². The molecule has 0 fully saturated rings. The average molecular weight is 297 g/mol. The number of benzene rings is 1. The van der Waals surface area contributed by atoms with E-state index >= 15 is 0 Å². The van der Waals surface area contributed by atoms with Gasteiger partial charge in [0.1, 0.15) is 18.2 Å². The third kappa shape index (κ3) is 3.42. The Labute approximate surface area is 133 Å². The molecule has 108 valence electrons. The maximum Gasteiger partial charge on any atom is 0.153 e. The summed E-state index contributed by atoms with van der Waals surface area (Å²) in [6.45, 7) is 0. The second kappa shape index (κ2) is 7.22. The third-order valence-electron chi connectivity index (χ3n) is 3.13. The van der Waals surface area contributed by atoms with Crippen molar-refractivity contribution < 1.29 is 0 Å². The lowest BCUT2D eigenvalue weighted by atomic mass is 10.1. The summed E-state index contributed by atoms with van der Waals surface area (Å²) in [4.78, 5) is 4.27. The van der Waals surface area contributed by atoms with Gasteiger partial charge in [-0.1, -0.05) is 30.4 Å². The van der Waals surface area contributed by atoms with E-state index in [1.165, 1.54) is 6.08 Å². The number of hydrogen-bond acceptors (Lipinski definition) is 5. The van der Waals surface area contributed by atoms with Gasteiger partial charge in [-0.25, -0.2) is 0 Å². The van der Waals surface area contributed by atoms with Crippen LogP contribution in [0.1, 0.15) is 5.56 Å². The third-order valence-corrected chi connectivity index (χ3v) is 3.13. The van der Waals surface area contributed by atoms with Crippen molar-refractivity contribution in [1.82, 2.24) is 4.98 Å². The molecule has 5 nitrogen and oxygen atoms in total. The summed E-state index contributed by atoms with van der Waals surface area (Å²) >= 11 is 0. The zero-order valence-corrected chi connectivity index (χ0v) is 12.1. The van der Waals surface area contributed by atoms with Crippen LogP contribution in [0.15, 0.2) is 65.5 Å². The van der Waals surface area contributed by atoms with Crippen molar-refractivity contribution in [2.75, 3.05) is 0 Å². The Morgan fingerprint density at radius 2 is 1.78 bits per heavy atom. The van der Waals surface area contributed by atoms with E-state index in [0.717, 1.165) is 16.5 Å². The minimum atomic E-state index is -0.277. The molecule has 23 heavy (non-hydrogen) atoms. The normalized spacial score (nSPS) is 10.7. The van der Waals surface area contributed by atoms with Gasteiger partial charge in [-0.2, -0.15) is 15.8 Å². The van der Waals surface area contributed by atoms with Crippen LogP contribution < -0.4 is 5.73 Å². The fourth-order valence-corrected chi connectivity index (χ4v) is 1.98. The molecule has 1 aromatic heterocycles. The molecule has 2 aromatic rings. The van der Waals surface area contributed by atoms with Gasteiger partial charge in [0.25, 0.3) is 0 Å². The van der Waals surface area contributed by atoms with Crippen molar-refractivity contribution in [2.24, 2.45) is 5.73 Å². The van der Waals surface area contributed by atoms with Crippen molar-refractivity contribution >= 4 is 17.0 Å². The van der Waals surface area contributed by atoms with Gasteiger partial charge in [0, 0.05) is 11.6 Å². The van der Waals surface area contributed by atoms with Gasteiger partial charge in [0.15, 0.2) is 5.57 Å². The Hall–Kier alpha value is -3.88. The van der Waals surface area contributed by atoms with E-state index in [9.17, 15) is 0 Å². The van der Waals surface area contributed by atoms with E-state index in [-0.39, 0.29) is 16.8 Å². The molecule has 0 aliphatic heterocycles. The minimum Gasteiger partial charge on any atom is -0.396 e. The fourth-order valence-electron chi connectivity index (χ4n) is 1.98. The zero-order chi connectivity index (χ0) is 16.7. The van der Waals surface area contributed by atoms with Crippen LogP contribution >= 0.6 is 0 Å². The maximum absolute atomic E-state index is 9.11. The summed E-state index contributed by atoms with van der Waals surface area (Å²) in [5, 5.41) is 27.7. The number of allylic oxidation sites excluding steroid dienone is 4. The van der Waals surface area contributed by atoms with Gasteiger partial charge in [-0.05, 0) is 23.8 Å². The molecule has 0 saturated heterocycles. The first kappa shape index (κ1) is 15.5. The van der Waals surface area contributed by atoms with Gasteiger partial charge in [0.2, 0.25) is 0 Å². The molecule has 0 bridgehead atoms. The Morgan fingerprint density at radius 3 is 2.48 bits per heavy atom. The monoisotopic (exact) mass is 297 g/mol. The molecule has 0 amide bonds. The summed E-state index contributed by atoms with van der Waals surface area (Å²) < 4.78 is 0. The number of nitriles is 3. The van der Waals surface area contributed by atoms with Crippen LogP contribution in [-0.4, -0.2) is 4.98 Å². The molecule has 0 unspecified atom stereocenters. The molecule has 0 spiro atoms. The van der Waals surface area contributed by atoms with Crippen LogP contribution in [0.3, 0.4) is 0 Å². The fraction of sp³-hybridized carbons (Fsp3) is 0. The number of nitrogens with zero attached hydrogens (tertiary/aromatic N) is 4. The van der Waals surface area contributed by atoms with E-state index in [2.05, 4.69) is 4.98 Å². The van der Waals surface area contributed by atoms with Gasteiger partial charge in [-0.3, -0.25) is 4.98 Å². The second-order valence-electron chi connectivity index (χ2n) is 4.48. The van der Waals surface area contributed by atoms with E-state index < -0.39 is 0 Å². The van der Waals surface area contributed by atoms with Crippen molar-refractivity contribution in [2.45, 2.75) is 0 Å². The van der Waals surface area contributed by atoms with Crippen molar-refractivity contribution in [1.29, 1.82) is 15.8 Å². The first-order valence-corrected chi connectivity index (χ1v) is 6.63. The number of nitrogens with two attached hydrogens (primary N) is 1. The van der Waals surface area contributed by atoms with Crippen LogP contribution in [0.25, 0.3) is 17.0 Å².